The van der Waals surface area contributed by atoms with E-state index in [9.17, 15) is 14.4 Å². The number of ketones is 1. The molecule has 0 aromatic heterocycles. The van der Waals surface area contributed by atoms with Gasteiger partial charge in [-0.25, -0.2) is 0 Å². The number of ether oxygens (including phenoxy) is 1. The van der Waals surface area contributed by atoms with Crippen LogP contribution in [0.3, 0.4) is 0 Å². The Morgan fingerprint density at radius 1 is 1.04 bits per heavy atom. The molecular formula is C18H25NO4. The number of benzene rings is 1. The monoisotopic (exact) mass is 319 g/mol. The summed E-state index contributed by atoms with van der Waals surface area (Å²) in [5, 5.41) is 2.69. The van der Waals surface area contributed by atoms with Gasteiger partial charge in [0.25, 0.3) is 5.91 Å². The maximum absolute atomic E-state index is 12.1. The molecule has 0 bridgehead atoms. The molecular weight excluding hydrogens is 294 g/mol. The Hall–Kier alpha value is -2.17. The summed E-state index contributed by atoms with van der Waals surface area (Å²) in [5.41, 5.74) is 2.37. The van der Waals surface area contributed by atoms with Gasteiger partial charge in [-0.1, -0.05) is 12.1 Å². The minimum absolute atomic E-state index is 0.0332. The van der Waals surface area contributed by atoms with E-state index in [0.29, 0.717) is 5.56 Å². The van der Waals surface area contributed by atoms with Crippen LogP contribution in [0.1, 0.15) is 55.1 Å². The lowest BCUT2D eigenvalue weighted by Crippen LogP contribution is -2.42. The van der Waals surface area contributed by atoms with Crippen LogP contribution in [-0.4, -0.2) is 29.8 Å². The maximum atomic E-state index is 12.1. The predicted molar refractivity (Wildman–Crippen MR) is 88.3 cm³/mol. The van der Waals surface area contributed by atoms with Gasteiger partial charge in [-0.3, -0.25) is 14.4 Å². The predicted octanol–water partition coefficient (Wildman–Crippen LogP) is 2.72. The van der Waals surface area contributed by atoms with E-state index >= 15 is 0 Å². The van der Waals surface area contributed by atoms with Crippen LogP contribution < -0.4 is 5.32 Å². The van der Waals surface area contributed by atoms with Crippen LogP contribution >= 0.6 is 0 Å². The summed E-state index contributed by atoms with van der Waals surface area (Å²) >= 11 is 0. The molecule has 0 saturated heterocycles. The number of esters is 1. The van der Waals surface area contributed by atoms with Gasteiger partial charge >= 0.3 is 5.97 Å². The average molecular weight is 319 g/mol. The number of hydrogen-bond donors (Lipinski definition) is 1. The zero-order chi connectivity index (χ0) is 17.6. The van der Waals surface area contributed by atoms with E-state index in [1.54, 1.807) is 6.07 Å². The summed E-state index contributed by atoms with van der Waals surface area (Å²) in [5.74, 6) is -1.01. The Morgan fingerprint density at radius 2 is 1.70 bits per heavy atom. The molecule has 0 aliphatic rings. The first-order valence-electron chi connectivity index (χ1n) is 7.65. The van der Waals surface area contributed by atoms with E-state index in [2.05, 4.69) is 5.32 Å². The quantitative estimate of drug-likeness (QED) is 0.646. The number of nitrogens with one attached hydrogen (secondary N) is 1. The molecule has 0 radical (unpaired) electrons. The fraction of sp³-hybridized carbons (Fsp3) is 0.500. The van der Waals surface area contributed by atoms with Crippen molar-refractivity contribution >= 4 is 17.7 Å². The number of hydrogen-bond acceptors (Lipinski definition) is 4. The van der Waals surface area contributed by atoms with Crippen molar-refractivity contribution in [2.45, 2.75) is 53.0 Å². The number of carbonyl (C=O) groups excluding carboxylic acids is 3. The molecule has 0 saturated carbocycles. The maximum Gasteiger partial charge on any atom is 0.306 e. The molecule has 1 rings (SSSR count). The van der Waals surface area contributed by atoms with Crippen molar-refractivity contribution in [2.24, 2.45) is 0 Å². The fourth-order valence-electron chi connectivity index (χ4n) is 1.95. The molecule has 126 valence electrons. The Bertz CT molecular complexity index is 600. The van der Waals surface area contributed by atoms with Gasteiger partial charge in [-0.05, 0) is 51.8 Å². The molecule has 1 aromatic carbocycles. The first-order chi connectivity index (χ1) is 10.6. The number of rotatable bonds is 6. The van der Waals surface area contributed by atoms with Crippen molar-refractivity contribution < 1.29 is 19.1 Å². The van der Waals surface area contributed by atoms with Crippen LogP contribution in [0.15, 0.2) is 18.2 Å². The second kappa shape index (κ2) is 7.90. The topological polar surface area (TPSA) is 72.5 Å². The van der Waals surface area contributed by atoms with Crippen LogP contribution in [0.25, 0.3) is 0 Å². The largest absolute Gasteiger partial charge is 0.456 e. The van der Waals surface area contributed by atoms with Gasteiger partial charge in [0.15, 0.2) is 12.4 Å². The third-order valence-corrected chi connectivity index (χ3v) is 3.26. The molecule has 23 heavy (non-hydrogen) atoms. The molecule has 0 aliphatic carbocycles. The first-order valence-corrected chi connectivity index (χ1v) is 7.65. The van der Waals surface area contributed by atoms with Gasteiger partial charge in [-0.2, -0.15) is 0 Å². The van der Waals surface area contributed by atoms with E-state index in [0.717, 1.165) is 11.1 Å². The minimum atomic E-state index is -0.550. The zero-order valence-electron chi connectivity index (χ0n) is 14.5. The van der Waals surface area contributed by atoms with Gasteiger partial charge < -0.3 is 10.1 Å². The van der Waals surface area contributed by atoms with Gasteiger partial charge in [0, 0.05) is 17.5 Å². The Balaban J connectivity index is 2.39. The van der Waals surface area contributed by atoms with Gasteiger partial charge in [0.05, 0.1) is 6.42 Å². The molecule has 0 spiro atoms. The van der Waals surface area contributed by atoms with E-state index in [1.807, 2.05) is 46.8 Å². The van der Waals surface area contributed by atoms with Crippen molar-refractivity contribution in [3.8, 4) is 0 Å². The highest BCUT2D eigenvalue weighted by molar-refractivity contribution is 5.97. The van der Waals surface area contributed by atoms with Crippen LogP contribution in [0.5, 0.6) is 0 Å². The van der Waals surface area contributed by atoms with E-state index in [-0.39, 0.29) is 36.7 Å². The van der Waals surface area contributed by atoms with Crippen LogP contribution in [0.2, 0.25) is 0 Å². The third kappa shape index (κ3) is 7.08. The second-order valence-corrected chi connectivity index (χ2v) is 6.68. The number of aryl methyl sites for hydroxylation is 2. The van der Waals surface area contributed by atoms with Crippen molar-refractivity contribution in [1.29, 1.82) is 0 Å². The van der Waals surface area contributed by atoms with Gasteiger partial charge in [0.1, 0.15) is 0 Å². The number of carbonyl (C=O) groups is 3. The second-order valence-electron chi connectivity index (χ2n) is 6.68. The highest BCUT2D eigenvalue weighted by Gasteiger charge is 2.16. The molecule has 0 heterocycles. The summed E-state index contributed by atoms with van der Waals surface area (Å²) in [4.78, 5) is 35.2. The van der Waals surface area contributed by atoms with Crippen LogP contribution in [-0.2, 0) is 14.3 Å². The van der Waals surface area contributed by atoms with E-state index in [1.165, 1.54) is 0 Å². The standard InChI is InChI=1S/C18H25NO4/c1-12-6-7-14(10-13(12)2)15(20)8-9-17(22)23-11-16(21)19-18(3,4)5/h6-7,10H,8-9,11H2,1-5H3,(H,19,21). The summed E-state index contributed by atoms with van der Waals surface area (Å²) in [6.45, 7) is 9.12. The van der Waals surface area contributed by atoms with E-state index < -0.39 is 5.97 Å². The molecule has 0 atom stereocenters. The molecule has 0 unspecified atom stereocenters. The van der Waals surface area contributed by atoms with Crippen molar-refractivity contribution in [2.75, 3.05) is 6.61 Å². The number of amides is 1. The van der Waals surface area contributed by atoms with Crippen LogP contribution in [0, 0.1) is 13.8 Å². The van der Waals surface area contributed by atoms with Gasteiger partial charge in [0.2, 0.25) is 0 Å². The molecule has 5 nitrogen and oxygen atoms in total. The van der Waals surface area contributed by atoms with Crippen molar-refractivity contribution in [3.05, 3.63) is 34.9 Å². The molecule has 1 N–H and O–H groups in total. The SMILES string of the molecule is Cc1ccc(C(=O)CCC(=O)OCC(=O)NC(C)(C)C)cc1C. The lowest BCUT2D eigenvalue weighted by Gasteiger charge is -2.20. The van der Waals surface area contributed by atoms with Crippen molar-refractivity contribution in [3.63, 3.8) is 0 Å². The summed E-state index contributed by atoms with van der Waals surface area (Å²) in [6, 6.07) is 5.46. The number of Topliss-reactive ketones (excluding diaryl/α,β-unsaturated/α-hetero) is 1. The highest BCUT2D eigenvalue weighted by Crippen LogP contribution is 2.12. The fourth-order valence-corrected chi connectivity index (χ4v) is 1.95. The smallest absolute Gasteiger partial charge is 0.306 e. The third-order valence-electron chi connectivity index (χ3n) is 3.26. The lowest BCUT2D eigenvalue weighted by atomic mass is 10.0. The van der Waals surface area contributed by atoms with Crippen molar-refractivity contribution in [1.82, 2.24) is 5.32 Å². The molecule has 1 amide bonds. The summed E-state index contributed by atoms with van der Waals surface area (Å²) in [7, 11) is 0. The Labute approximate surface area is 137 Å². The average Bonchev–Trinajstić information content (AvgIpc) is 2.43. The Kier molecular flexibility index (Phi) is 6.49. The molecule has 0 aliphatic heterocycles. The van der Waals surface area contributed by atoms with E-state index in [4.69, 9.17) is 4.74 Å². The molecule has 1 aromatic rings. The van der Waals surface area contributed by atoms with Crippen LogP contribution in [0.4, 0.5) is 0 Å². The first kappa shape index (κ1) is 18.9. The zero-order valence-corrected chi connectivity index (χ0v) is 14.5. The summed E-state index contributed by atoms with van der Waals surface area (Å²) < 4.78 is 4.88. The molecule has 5 heteroatoms. The Morgan fingerprint density at radius 3 is 2.26 bits per heavy atom. The molecule has 0 fully saturated rings. The lowest BCUT2D eigenvalue weighted by molar-refractivity contribution is -0.148. The minimum Gasteiger partial charge on any atom is -0.456 e. The normalized spacial score (nSPS) is 11.0. The summed E-state index contributed by atoms with van der Waals surface area (Å²) in [6.07, 6.45) is 0.0385. The highest BCUT2D eigenvalue weighted by atomic mass is 16.5. The van der Waals surface area contributed by atoms with Gasteiger partial charge in [-0.15, -0.1) is 0 Å².